The molecule has 0 aliphatic carbocycles. The summed E-state index contributed by atoms with van der Waals surface area (Å²) in [6.07, 6.45) is 2.97. The summed E-state index contributed by atoms with van der Waals surface area (Å²) in [7, 11) is 0. The predicted octanol–water partition coefficient (Wildman–Crippen LogP) is 2.39. The van der Waals surface area contributed by atoms with Gasteiger partial charge >= 0.3 is 0 Å². The number of benzene rings is 1. The first kappa shape index (κ1) is 15.2. The summed E-state index contributed by atoms with van der Waals surface area (Å²) in [6.45, 7) is -0.140. The van der Waals surface area contributed by atoms with Crippen LogP contribution in [-0.4, -0.2) is 22.5 Å². The third kappa shape index (κ3) is 4.70. The van der Waals surface area contributed by atoms with E-state index in [0.717, 1.165) is 5.56 Å². The maximum atomic E-state index is 11.7. The zero-order valence-electron chi connectivity index (χ0n) is 10.9. The van der Waals surface area contributed by atoms with Crippen molar-refractivity contribution in [3.63, 3.8) is 0 Å². The molecule has 7 heteroatoms. The molecule has 108 valence electrons. The second-order valence-electron chi connectivity index (χ2n) is 4.12. The van der Waals surface area contributed by atoms with Crippen molar-refractivity contribution >= 4 is 40.4 Å². The minimum atomic E-state index is -0.293. The van der Waals surface area contributed by atoms with Crippen molar-refractivity contribution in [2.75, 3.05) is 11.9 Å². The van der Waals surface area contributed by atoms with Crippen LogP contribution in [0.2, 0.25) is 5.02 Å². The fourth-order valence-electron chi connectivity index (χ4n) is 1.54. The topological polar surface area (TPSA) is 77.2 Å². The first-order chi connectivity index (χ1) is 10.0. The number of carbonyl (C=O) groups excluding carboxylic acids is 1. The highest BCUT2D eigenvalue weighted by molar-refractivity contribution is 7.80. The summed E-state index contributed by atoms with van der Waals surface area (Å²) in [5.74, 6) is 0.138. The van der Waals surface area contributed by atoms with Crippen LogP contribution in [0.25, 0.3) is 0 Å². The highest BCUT2D eigenvalue weighted by atomic mass is 35.5. The molecular weight excluding hydrogens is 310 g/mol. The Morgan fingerprint density at radius 3 is 2.67 bits per heavy atom. The maximum absolute atomic E-state index is 11.7. The van der Waals surface area contributed by atoms with E-state index in [1.54, 1.807) is 30.3 Å². The number of hydrogen-bond donors (Lipinski definition) is 2. The van der Waals surface area contributed by atoms with Gasteiger partial charge in [0.2, 0.25) is 0 Å². The maximum Gasteiger partial charge on any atom is 0.262 e. The lowest BCUT2D eigenvalue weighted by Gasteiger charge is -2.08. The number of amides is 1. The fraction of sp³-hybridized carbons (Fsp3) is 0.0714. The van der Waals surface area contributed by atoms with E-state index >= 15 is 0 Å². The average molecular weight is 322 g/mol. The third-order valence-corrected chi connectivity index (χ3v) is 2.95. The van der Waals surface area contributed by atoms with Gasteiger partial charge in [0.15, 0.2) is 6.61 Å². The Morgan fingerprint density at radius 2 is 2.05 bits per heavy atom. The van der Waals surface area contributed by atoms with Crippen molar-refractivity contribution in [3.8, 4) is 5.75 Å². The van der Waals surface area contributed by atoms with E-state index < -0.39 is 0 Å². The number of ether oxygens (including phenoxy) is 1. The Morgan fingerprint density at radius 1 is 1.33 bits per heavy atom. The SMILES string of the molecule is NC(=S)c1ccc(NC(=O)COc2cncc(Cl)c2)cc1. The van der Waals surface area contributed by atoms with Gasteiger partial charge < -0.3 is 15.8 Å². The van der Waals surface area contributed by atoms with E-state index in [1.165, 1.54) is 12.4 Å². The molecule has 0 fully saturated rings. The van der Waals surface area contributed by atoms with Crippen molar-refractivity contribution in [1.82, 2.24) is 4.98 Å². The minimum absolute atomic E-state index is 0.140. The van der Waals surface area contributed by atoms with Gasteiger partial charge in [-0.1, -0.05) is 23.8 Å². The summed E-state index contributed by atoms with van der Waals surface area (Å²) in [5.41, 5.74) is 6.87. The number of anilines is 1. The van der Waals surface area contributed by atoms with E-state index in [0.29, 0.717) is 21.4 Å². The molecule has 2 aromatic rings. The zero-order valence-corrected chi connectivity index (χ0v) is 12.4. The molecule has 0 atom stereocenters. The largest absolute Gasteiger partial charge is 0.482 e. The zero-order chi connectivity index (χ0) is 15.2. The number of nitrogens with one attached hydrogen (secondary N) is 1. The fourth-order valence-corrected chi connectivity index (χ4v) is 1.84. The second kappa shape index (κ2) is 7.01. The van der Waals surface area contributed by atoms with Crippen molar-refractivity contribution in [1.29, 1.82) is 0 Å². The summed E-state index contributed by atoms with van der Waals surface area (Å²) in [5, 5.41) is 3.14. The van der Waals surface area contributed by atoms with Gasteiger partial charge in [0, 0.05) is 23.5 Å². The Labute approximate surface area is 132 Å². The quantitative estimate of drug-likeness (QED) is 0.827. The van der Waals surface area contributed by atoms with Crippen LogP contribution in [0.15, 0.2) is 42.7 Å². The number of thiocarbonyl (C=S) groups is 1. The summed E-state index contributed by atoms with van der Waals surface area (Å²) in [4.78, 5) is 15.9. The predicted molar refractivity (Wildman–Crippen MR) is 85.7 cm³/mol. The average Bonchev–Trinajstić information content (AvgIpc) is 2.46. The van der Waals surface area contributed by atoms with Gasteiger partial charge in [-0.3, -0.25) is 9.78 Å². The van der Waals surface area contributed by atoms with Crippen LogP contribution >= 0.6 is 23.8 Å². The molecular formula is C14H12ClN3O2S. The van der Waals surface area contributed by atoms with Crippen LogP contribution in [0.5, 0.6) is 5.75 Å². The molecule has 0 spiro atoms. The highest BCUT2D eigenvalue weighted by Gasteiger charge is 2.05. The normalized spacial score (nSPS) is 9.95. The van der Waals surface area contributed by atoms with Crippen LogP contribution in [-0.2, 0) is 4.79 Å². The van der Waals surface area contributed by atoms with E-state index in [1.807, 2.05) is 0 Å². The molecule has 1 aromatic carbocycles. The summed E-state index contributed by atoms with van der Waals surface area (Å²) >= 11 is 10.6. The van der Waals surface area contributed by atoms with Gasteiger partial charge in [-0.2, -0.15) is 0 Å². The van der Waals surface area contributed by atoms with Crippen LogP contribution in [0.3, 0.4) is 0 Å². The summed E-state index contributed by atoms with van der Waals surface area (Å²) < 4.78 is 5.28. The number of carbonyl (C=O) groups is 1. The van der Waals surface area contributed by atoms with Crippen LogP contribution in [0, 0.1) is 0 Å². The molecule has 5 nitrogen and oxygen atoms in total. The molecule has 0 saturated heterocycles. The molecule has 0 radical (unpaired) electrons. The lowest BCUT2D eigenvalue weighted by molar-refractivity contribution is -0.118. The molecule has 1 heterocycles. The number of nitrogens with two attached hydrogens (primary N) is 1. The van der Waals surface area contributed by atoms with Crippen LogP contribution < -0.4 is 15.8 Å². The monoisotopic (exact) mass is 321 g/mol. The van der Waals surface area contributed by atoms with Gasteiger partial charge in [0.05, 0.1) is 11.2 Å². The van der Waals surface area contributed by atoms with E-state index in [2.05, 4.69) is 10.3 Å². The van der Waals surface area contributed by atoms with Gasteiger partial charge in [0.1, 0.15) is 10.7 Å². The van der Waals surface area contributed by atoms with E-state index in [-0.39, 0.29) is 12.5 Å². The number of aromatic nitrogens is 1. The number of halogens is 1. The Kier molecular flexibility index (Phi) is 5.08. The molecule has 1 amide bonds. The standard InChI is InChI=1S/C14H12ClN3O2S/c15-10-5-12(7-17-6-10)20-8-13(19)18-11-3-1-9(2-4-11)14(16)21/h1-7H,8H2,(H2,16,21)(H,18,19). The molecule has 2 rings (SSSR count). The second-order valence-corrected chi connectivity index (χ2v) is 4.99. The number of nitrogens with zero attached hydrogens (tertiary/aromatic N) is 1. The van der Waals surface area contributed by atoms with Crippen molar-refractivity contribution < 1.29 is 9.53 Å². The van der Waals surface area contributed by atoms with Crippen molar-refractivity contribution in [2.24, 2.45) is 5.73 Å². The first-order valence-corrected chi connectivity index (χ1v) is 6.76. The van der Waals surface area contributed by atoms with E-state index in [9.17, 15) is 4.79 Å². The molecule has 1 aromatic heterocycles. The number of rotatable bonds is 5. The molecule has 3 N–H and O–H groups in total. The van der Waals surface area contributed by atoms with Crippen molar-refractivity contribution in [3.05, 3.63) is 53.3 Å². The third-order valence-electron chi connectivity index (χ3n) is 2.50. The minimum Gasteiger partial charge on any atom is -0.482 e. The summed E-state index contributed by atoms with van der Waals surface area (Å²) in [6, 6.07) is 8.48. The highest BCUT2D eigenvalue weighted by Crippen LogP contribution is 2.15. The molecule has 0 unspecified atom stereocenters. The number of pyridine rings is 1. The Hall–Kier alpha value is -2.18. The van der Waals surface area contributed by atoms with Gasteiger partial charge in [0.25, 0.3) is 5.91 Å². The first-order valence-electron chi connectivity index (χ1n) is 5.97. The lowest BCUT2D eigenvalue weighted by Crippen LogP contribution is -2.20. The lowest BCUT2D eigenvalue weighted by atomic mass is 10.2. The molecule has 21 heavy (non-hydrogen) atoms. The van der Waals surface area contributed by atoms with E-state index in [4.69, 9.17) is 34.3 Å². The van der Waals surface area contributed by atoms with Gasteiger partial charge in [-0.25, -0.2) is 0 Å². The molecule has 0 saturated carbocycles. The van der Waals surface area contributed by atoms with Crippen molar-refractivity contribution in [2.45, 2.75) is 0 Å². The molecule has 0 aliphatic heterocycles. The molecule has 0 bridgehead atoms. The smallest absolute Gasteiger partial charge is 0.262 e. The van der Waals surface area contributed by atoms with Crippen LogP contribution in [0.1, 0.15) is 5.56 Å². The Bertz CT molecular complexity index is 662. The van der Waals surface area contributed by atoms with Gasteiger partial charge in [-0.05, 0) is 24.3 Å². The Balaban J connectivity index is 1.88. The van der Waals surface area contributed by atoms with Crippen LogP contribution in [0.4, 0.5) is 5.69 Å². The number of hydrogen-bond acceptors (Lipinski definition) is 4. The molecule has 0 aliphatic rings. The van der Waals surface area contributed by atoms with Gasteiger partial charge in [-0.15, -0.1) is 0 Å².